The Morgan fingerprint density at radius 3 is 1.92 bits per heavy atom. The fourth-order valence-electron chi connectivity index (χ4n) is 1.89. The molecule has 0 fully saturated rings. The standard InChI is InChI=1S/C9H8BrClO2.C9H9ClO2/c1-13-9(12)8-4-7(11)3-2-6(8)5-10;1-6-3-4-7(10)5-8(6)9(11)12-2/h2-4H,5H2,1H3;3-5H,1-2H3. The minimum atomic E-state index is -0.364. The van der Waals surface area contributed by atoms with Gasteiger partial charge in [-0.15, -0.1) is 0 Å². The molecule has 0 aromatic heterocycles. The Hall–Kier alpha value is -1.56. The lowest BCUT2D eigenvalue weighted by Crippen LogP contribution is -2.04. The molecular weight excluding hydrogens is 431 g/mol. The summed E-state index contributed by atoms with van der Waals surface area (Å²) in [4.78, 5) is 22.3. The van der Waals surface area contributed by atoms with Gasteiger partial charge in [-0.1, -0.05) is 51.3 Å². The molecule has 2 rings (SSSR count). The third-order valence-corrected chi connectivity index (χ3v) is 4.30. The summed E-state index contributed by atoms with van der Waals surface area (Å²) in [5, 5.41) is 1.68. The molecule has 2 aromatic carbocycles. The summed E-state index contributed by atoms with van der Waals surface area (Å²) in [6.45, 7) is 1.84. The molecule has 0 aliphatic carbocycles. The minimum Gasteiger partial charge on any atom is -0.465 e. The van der Waals surface area contributed by atoms with Crippen LogP contribution in [0.15, 0.2) is 36.4 Å². The van der Waals surface area contributed by atoms with Gasteiger partial charge < -0.3 is 9.47 Å². The summed E-state index contributed by atoms with van der Waals surface area (Å²) < 4.78 is 9.19. The highest BCUT2D eigenvalue weighted by atomic mass is 79.9. The van der Waals surface area contributed by atoms with Gasteiger partial charge in [0, 0.05) is 15.4 Å². The highest BCUT2D eigenvalue weighted by Gasteiger charge is 2.11. The maximum Gasteiger partial charge on any atom is 0.338 e. The van der Waals surface area contributed by atoms with Gasteiger partial charge in [-0.2, -0.15) is 0 Å². The van der Waals surface area contributed by atoms with E-state index in [1.807, 2.05) is 6.92 Å². The van der Waals surface area contributed by atoms with Gasteiger partial charge in [-0.3, -0.25) is 0 Å². The highest BCUT2D eigenvalue weighted by molar-refractivity contribution is 9.08. The third kappa shape index (κ3) is 6.34. The van der Waals surface area contributed by atoms with E-state index in [0.717, 1.165) is 11.1 Å². The Labute approximate surface area is 165 Å². The summed E-state index contributed by atoms with van der Waals surface area (Å²) in [5.74, 6) is -0.716. The van der Waals surface area contributed by atoms with Crippen molar-refractivity contribution in [2.45, 2.75) is 12.3 Å². The number of esters is 2. The Morgan fingerprint density at radius 2 is 1.40 bits per heavy atom. The highest BCUT2D eigenvalue weighted by Crippen LogP contribution is 2.19. The van der Waals surface area contributed by atoms with Crippen LogP contribution in [0, 0.1) is 6.92 Å². The fourth-order valence-corrected chi connectivity index (χ4v) is 2.72. The van der Waals surface area contributed by atoms with Crippen molar-refractivity contribution in [2.24, 2.45) is 0 Å². The Balaban J connectivity index is 0.000000251. The Morgan fingerprint density at radius 1 is 0.920 bits per heavy atom. The van der Waals surface area contributed by atoms with Gasteiger partial charge in [0.05, 0.1) is 25.3 Å². The predicted octanol–water partition coefficient (Wildman–Crippen LogP) is 5.46. The molecule has 0 heterocycles. The molecule has 0 aliphatic heterocycles. The number of rotatable bonds is 3. The van der Waals surface area contributed by atoms with Crippen LogP contribution in [-0.4, -0.2) is 26.2 Å². The largest absolute Gasteiger partial charge is 0.465 e. The number of carbonyl (C=O) groups excluding carboxylic acids is 2. The number of benzene rings is 2. The van der Waals surface area contributed by atoms with Crippen molar-refractivity contribution in [1.82, 2.24) is 0 Å². The van der Waals surface area contributed by atoms with Gasteiger partial charge in [0.15, 0.2) is 0 Å². The third-order valence-electron chi connectivity index (χ3n) is 3.23. The van der Waals surface area contributed by atoms with Crippen LogP contribution < -0.4 is 0 Å². The molecule has 134 valence electrons. The van der Waals surface area contributed by atoms with Crippen molar-refractivity contribution in [1.29, 1.82) is 0 Å². The molecule has 25 heavy (non-hydrogen) atoms. The molecule has 0 amide bonds. The number of halogens is 3. The smallest absolute Gasteiger partial charge is 0.338 e. The second-order valence-corrected chi connectivity index (χ2v) is 6.31. The zero-order chi connectivity index (χ0) is 19.0. The summed E-state index contributed by atoms with van der Waals surface area (Å²) in [5.41, 5.74) is 2.76. The summed E-state index contributed by atoms with van der Waals surface area (Å²) in [6.07, 6.45) is 0. The maximum atomic E-state index is 11.2. The number of aryl methyl sites for hydroxylation is 1. The first-order valence-electron chi connectivity index (χ1n) is 7.11. The predicted molar refractivity (Wildman–Crippen MR) is 103 cm³/mol. The van der Waals surface area contributed by atoms with Crippen LogP contribution in [0.3, 0.4) is 0 Å². The molecule has 0 radical (unpaired) electrons. The molecule has 0 N–H and O–H groups in total. The average molecular weight is 448 g/mol. The second-order valence-electron chi connectivity index (χ2n) is 4.88. The van der Waals surface area contributed by atoms with Gasteiger partial charge >= 0.3 is 11.9 Å². The topological polar surface area (TPSA) is 52.6 Å². The van der Waals surface area contributed by atoms with Crippen molar-refractivity contribution in [3.05, 3.63) is 68.7 Å². The molecule has 0 unspecified atom stereocenters. The molecule has 2 aromatic rings. The Bertz CT molecular complexity index is 763. The minimum absolute atomic E-state index is 0.352. The number of carbonyl (C=O) groups is 2. The summed E-state index contributed by atoms with van der Waals surface area (Å²) in [6, 6.07) is 10.3. The molecular formula is C18H17BrCl2O4. The first kappa shape index (κ1) is 21.5. The number of ether oxygens (including phenoxy) is 2. The van der Waals surface area contributed by atoms with E-state index in [2.05, 4.69) is 25.4 Å². The van der Waals surface area contributed by atoms with Crippen molar-refractivity contribution >= 4 is 51.1 Å². The normalized spacial score (nSPS) is 9.68. The molecule has 4 nitrogen and oxygen atoms in total. The van der Waals surface area contributed by atoms with Crippen LogP contribution in [0.4, 0.5) is 0 Å². The first-order chi connectivity index (χ1) is 11.8. The van der Waals surface area contributed by atoms with Crippen LogP contribution in [0.2, 0.25) is 10.0 Å². The second kappa shape index (κ2) is 10.4. The van der Waals surface area contributed by atoms with E-state index in [0.29, 0.717) is 26.5 Å². The first-order valence-corrected chi connectivity index (χ1v) is 8.99. The van der Waals surface area contributed by atoms with Crippen molar-refractivity contribution in [3.63, 3.8) is 0 Å². The average Bonchev–Trinajstić information content (AvgIpc) is 2.62. The number of alkyl halides is 1. The molecule has 0 atom stereocenters. The maximum absolute atomic E-state index is 11.2. The lowest BCUT2D eigenvalue weighted by atomic mass is 10.1. The summed E-state index contributed by atoms with van der Waals surface area (Å²) in [7, 11) is 2.70. The van der Waals surface area contributed by atoms with Gasteiger partial charge in [0.25, 0.3) is 0 Å². The van der Waals surface area contributed by atoms with Gasteiger partial charge in [-0.25, -0.2) is 9.59 Å². The van der Waals surface area contributed by atoms with E-state index in [4.69, 9.17) is 23.2 Å². The van der Waals surface area contributed by atoms with Crippen molar-refractivity contribution in [3.8, 4) is 0 Å². The van der Waals surface area contributed by atoms with Crippen LogP contribution >= 0.6 is 39.1 Å². The van der Waals surface area contributed by atoms with E-state index in [1.54, 1.807) is 36.4 Å². The van der Waals surface area contributed by atoms with Crippen LogP contribution in [0.1, 0.15) is 31.8 Å². The van der Waals surface area contributed by atoms with Crippen molar-refractivity contribution < 1.29 is 19.1 Å². The van der Waals surface area contributed by atoms with E-state index in [9.17, 15) is 9.59 Å². The van der Waals surface area contributed by atoms with Gasteiger partial charge in [0.1, 0.15) is 0 Å². The monoisotopic (exact) mass is 446 g/mol. The SMILES string of the molecule is COC(=O)c1cc(Cl)ccc1C.COC(=O)c1cc(Cl)ccc1CBr. The molecule has 0 spiro atoms. The van der Waals surface area contributed by atoms with Crippen molar-refractivity contribution in [2.75, 3.05) is 14.2 Å². The molecule has 0 saturated carbocycles. The van der Waals surface area contributed by atoms with Crippen LogP contribution in [0.5, 0.6) is 0 Å². The quantitative estimate of drug-likeness (QED) is 0.463. The molecule has 0 saturated heterocycles. The fraction of sp³-hybridized carbons (Fsp3) is 0.222. The van der Waals surface area contributed by atoms with E-state index < -0.39 is 0 Å². The zero-order valence-electron chi connectivity index (χ0n) is 13.9. The summed E-state index contributed by atoms with van der Waals surface area (Å²) >= 11 is 14.7. The van der Waals surface area contributed by atoms with E-state index in [-0.39, 0.29) is 11.9 Å². The van der Waals surface area contributed by atoms with E-state index >= 15 is 0 Å². The molecule has 0 aliphatic rings. The zero-order valence-corrected chi connectivity index (χ0v) is 17.0. The van der Waals surface area contributed by atoms with Crippen LogP contribution in [0.25, 0.3) is 0 Å². The number of hydrogen-bond acceptors (Lipinski definition) is 4. The van der Waals surface area contributed by atoms with E-state index in [1.165, 1.54) is 14.2 Å². The lowest BCUT2D eigenvalue weighted by Gasteiger charge is -2.04. The number of methoxy groups -OCH3 is 2. The lowest BCUT2D eigenvalue weighted by molar-refractivity contribution is 0.0591. The van der Waals surface area contributed by atoms with Gasteiger partial charge in [0.2, 0.25) is 0 Å². The molecule has 0 bridgehead atoms. The number of hydrogen-bond donors (Lipinski definition) is 0. The van der Waals surface area contributed by atoms with Gasteiger partial charge in [-0.05, 0) is 42.3 Å². The Kier molecular flexibility index (Phi) is 8.97. The van der Waals surface area contributed by atoms with Crippen LogP contribution in [-0.2, 0) is 14.8 Å². The molecule has 7 heteroatoms.